The van der Waals surface area contributed by atoms with E-state index in [1.165, 1.54) is 17.0 Å². The molecule has 1 N–H and O–H groups in total. The molecular formula is C24H31BrN4O6S. The number of aryl methyl sites for hydroxylation is 1. The maximum absolute atomic E-state index is 13.6. The monoisotopic (exact) mass is 582 g/mol. The lowest BCUT2D eigenvalue weighted by Crippen LogP contribution is -2.51. The van der Waals surface area contributed by atoms with Crippen molar-refractivity contribution in [2.45, 2.75) is 40.3 Å². The molecule has 0 radical (unpaired) electrons. The summed E-state index contributed by atoms with van der Waals surface area (Å²) < 4.78 is 27.1. The van der Waals surface area contributed by atoms with Gasteiger partial charge in [-0.25, -0.2) is 8.42 Å². The predicted octanol–water partition coefficient (Wildman–Crippen LogP) is 3.62. The van der Waals surface area contributed by atoms with Gasteiger partial charge in [-0.2, -0.15) is 0 Å². The third-order valence-corrected chi connectivity index (χ3v) is 7.12. The number of anilines is 1. The van der Waals surface area contributed by atoms with Crippen molar-refractivity contribution in [3.63, 3.8) is 0 Å². The molecule has 0 aliphatic heterocycles. The number of amides is 2. The highest BCUT2D eigenvalue weighted by atomic mass is 79.9. The van der Waals surface area contributed by atoms with Crippen molar-refractivity contribution in [1.29, 1.82) is 0 Å². The van der Waals surface area contributed by atoms with Crippen LogP contribution in [0.3, 0.4) is 0 Å². The Hall–Kier alpha value is -2.99. The summed E-state index contributed by atoms with van der Waals surface area (Å²) >= 11 is 3.36. The molecule has 0 spiro atoms. The number of hydrogen-bond donors (Lipinski definition) is 1. The van der Waals surface area contributed by atoms with Crippen LogP contribution in [0.1, 0.15) is 31.9 Å². The minimum atomic E-state index is -4.00. The first-order valence-corrected chi connectivity index (χ1v) is 13.9. The molecule has 0 bridgehead atoms. The number of rotatable bonds is 11. The first kappa shape index (κ1) is 29.2. The number of halogens is 1. The average molecular weight is 584 g/mol. The van der Waals surface area contributed by atoms with Crippen molar-refractivity contribution >= 4 is 49.1 Å². The Balaban J connectivity index is 2.45. The van der Waals surface area contributed by atoms with Gasteiger partial charge in [0.15, 0.2) is 0 Å². The molecule has 0 heterocycles. The second kappa shape index (κ2) is 12.3. The Bertz CT molecular complexity index is 1220. The maximum Gasteiger partial charge on any atom is 0.271 e. The van der Waals surface area contributed by atoms with Crippen LogP contribution in [0.25, 0.3) is 0 Å². The van der Waals surface area contributed by atoms with E-state index in [0.717, 1.165) is 26.7 Å². The lowest BCUT2D eigenvalue weighted by Gasteiger charge is -2.32. The SMILES string of the molecule is Cc1ccc([N+](=O)[O-])cc1N(CC(=O)N(Cc1ccc(Br)cc1)[C@H](C)C(=O)NCC(C)C)S(C)(=O)=O. The number of nitro benzene ring substituents is 1. The van der Waals surface area contributed by atoms with Gasteiger partial charge in [0.1, 0.15) is 12.6 Å². The minimum Gasteiger partial charge on any atom is -0.354 e. The summed E-state index contributed by atoms with van der Waals surface area (Å²) in [6.07, 6.45) is 0.927. The average Bonchev–Trinajstić information content (AvgIpc) is 2.79. The summed E-state index contributed by atoms with van der Waals surface area (Å²) in [7, 11) is -4.00. The van der Waals surface area contributed by atoms with Gasteiger partial charge in [0.05, 0.1) is 16.9 Å². The van der Waals surface area contributed by atoms with E-state index in [1.807, 2.05) is 13.8 Å². The number of carbonyl (C=O) groups is 2. The Morgan fingerprint density at radius 1 is 1.11 bits per heavy atom. The third kappa shape index (κ3) is 8.02. The molecule has 10 nitrogen and oxygen atoms in total. The highest BCUT2D eigenvalue weighted by Crippen LogP contribution is 2.28. The fourth-order valence-corrected chi connectivity index (χ4v) is 4.56. The van der Waals surface area contributed by atoms with E-state index in [0.29, 0.717) is 12.1 Å². The smallest absolute Gasteiger partial charge is 0.271 e. The number of nitrogens with one attached hydrogen (secondary N) is 1. The normalized spacial score (nSPS) is 12.2. The molecule has 2 aromatic rings. The molecule has 0 unspecified atom stereocenters. The third-order valence-electron chi connectivity index (χ3n) is 5.47. The Morgan fingerprint density at radius 2 is 1.72 bits per heavy atom. The van der Waals surface area contributed by atoms with Gasteiger partial charge >= 0.3 is 0 Å². The predicted molar refractivity (Wildman–Crippen MR) is 142 cm³/mol. The van der Waals surface area contributed by atoms with E-state index in [4.69, 9.17) is 0 Å². The van der Waals surface area contributed by atoms with Gasteiger partial charge in [-0.15, -0.1) is 0 Å². The first-order chi connectivity index (χ1) is 16.7. The number of nitrogens with zero attached hydrogens (tertiary/aromatic N) is 3. The zero-order chi connectivity index (χ0) is 27.2. The zero-order valence-electron chi connectivity index (χ0n) is 20.9. The zero-order valence-corrected chi connectivity index (χ0v) is 23.3. The molecule has 2 rings (SSSR count). The van der Waals surface area contributed by atoms with Gasteiger partial charge in [0.25, 0.3) is 5.69 Å². The second-order valence-electron chi connectivity index (χ2n) is 8.96. The summed E-state index contributed by atoms with van der Waals surface area (Å²) in [6, 6.07) is 10.1. The lowest BCUT2D eigenvalue weighted by molar-refractivity contribution is -0.384. The van der Waals surface area contributed by atoms with Gasteiger partial charge in [-0.3, -0.25) is 24.0 Å². The van der Waals surface area contributed by atoms with Crippen LogP contribution in [0.5, 0.6) is 0 Å². The summed E-state index contributed by atoms with van der Waals surface area (Å²) in [5.41, 5.74) is 0.916. The number of hydrogen-bond acceptors (Lipinski definition) is 6. The summed E-state index contributed by atoms with van der Waals surface area (Å²) in [6.45, 7) is 6.93. The number of sulfonamides is 1. The number of non-ortho nitro benzene ring substituents is 1. The van der Waals surface area contributed by atoms with Crippen molar-refractivity contribution in [3.8, 4) is 0 Å². The number of benzene rings is 2. The number of nitro groups is 1. The van der Waals surface area contributed by atoms with Gasteiger partial charge in [0.2, 0.25) is 21.8 Å². The van der Waals surface area contributed by atoms with Crippen LogP contribution in [-0.2, 0) is 26.2 Å². The van der Waals surface area contributed by atoms with Gasteiger partial charge in [0, 0.05) is 29.7 Å². The van der Waals surface area contributed by atoms with Crippen LogP contribution >= 0.6 is 15.9 Å². The molecule has 0 saturated carbocycles. The van der Waals surface area contributed by atoms with Crippen LogP contribution in [0, 0.1) is 23.0 Å². The van der Waals surface area contributed by atoms with E-state index in [9.17, 15) is 28.1 Å². The summed E-state index contributed by atoms with van der Waals surface area (Å²) in [4.78, 5) is 38.4. The van der Waals surface area contributed by atoms with Gasteiger partial charge in [-0.05, 0) is 43.0 Å². The molecule has 1 atom stereocenters. The molecule has 0 aliphatic rings. The highest BCUT2D eigenvalue weighted by molar-refractivity contribution is 9.10. The van der Waals surface area contributed by atoms with Crippen molar-refractivity contribution < 1.29 is 22.9 Å². The van der Waals surface area contributed by atoms with Crippen molar-refractivity contribution in [2.75, 3.05) is 23.7 Å². The largest absolute Gasteiger partial charge is 0.354 e. The molecule has 0 saturated heterocycles. The molecular weight excluding hydrogens is 552 g/mol. The minimum absolute atomic E-state index is 0.0283. The van der Waals surface area contributed by atoms with E-state index < -0.39 is 33.4 Å². The first-order valence-electron chi connectivity index (χ1n) is 11.2. The van der Waals surface area contributed by atoms with E-state index in [2.05, 4.69) is 21.2 Å². The molecule has 0 aliphatic carbocycles. The van der Waals surface area contributed by atoms with Crippen LogP contribution in [-0.4, -0.2) is 55.4 Å². The van der Waals surface area contributed by atoms with Crippen LogP contribution in [0.15, 0.2) is 46.9 Å². The lowest BCUT2D eigenvalue weighted by atomic mass is 10.1. The Kier molecular flexibility index (Phi) is 10.00. The fraction of sp³-hybridized carbons (Fsp3) is 0.417. The molecule has 0 aromatic heterocycles. The molecule has 196 valence electrons. The fourth-order valence-electron chi connectivity index (χ4n) is 3.40. The van der Waals surface area contributed by atoms with Gasteiger partial charge in [-0.1, -0.05) is 48.0 Å². The summed E-state index contributed by atoms with van der Waals surface area (Å²) in [5.74, 6) is -0.789. The quantitative estimate of drug-likeness (QED) is 0.318. The highest BCUT2D eigenvalue weighted by Gasteiger charge is 2.31. The van der Waals surface area contributed by atoms with Gasteiger partial charge < -0.3 is 10.2 Å². The molecule has 36 heavy (non-hydrogen) atoms. The maximum atomic E-state index is 13.6. The molecule has 0 fully saturated rings. The Labute approximate surface area is 220 Å². The standard InChI is InChI=1S/C24H31BrN4O6S/c1-16(2)13-26-24(31)18(4)27(14-19-7-9-20(25)10-8-19)23(30)15-28(36(5,34)35)22-12-21(29(32)33)11-6-17(22)3/h6-12,16,18H,13-15H2,1-5H3,(H,26,31)/t18-/m1/s1. The van der Waals surface area contributed by atoms with Crippen molar-refractivity contribution in [1.82, 2.24) is 10.2 Å². The number of carbonyl (C=O) groups excluding carboxylic acids is 2. The van der Waals surface area contributed by atoms with Crippen LogP contribution < -0.4 is 9.62 Å². The van der Waals surface area contributed by atoms with E-state index >= 15 is 0 Å². The summed E-state index contributed by atoms with van der Waals surface area (Å²) in [5, 5.41) is 14.1. The molecule has 2 aromatic carbocycles. The van der Waals surface area contributed by atoms with E-state index in [-0.39, 0.29) is 29.7 Å². The topological polar surface area (TPSA) is 130 Å². The van der Waals surface area contributed by atoms with Crippen molar-refractivity contribution in [3.05, 3.63) is 68.2 Å². The van der Waals surface area contributed by atoms with E-state index in [1.54, 1.807) is 38.1 Å². The molecule has 12 heteroatoms. The van der Waals surface area contributed by atoms with Crippen LogP contribution in [0.4, 0.5) is 11.4 Å². The second-order valence-corrected chi connectivity index (χ2v) is 11.8. The van der Waals surface area contributed by atoms with Crippen LogP contribution in [0.2, 0.25) is 0 Å². The Morgan fingerprint density at radius 3 is 2.25 bits per heavy atom. The van der Waals surface area contributed by atoms with Crippen molar-refractivity contribution in [2.24, 2.45) is 5.92 Å². The molecule has 2 amide bonds.